The molecule has 2 amide bonds. The summed E-state index contributed by atoms with van der Waals surface area (Å²) in [5, 5.41) is 3.70. The summed E-state index contributed by atoms with van der Waals surface area (Å²) in [7, 11) is 0. The lowest BCUT2D eigenvalue weighted by molar-refractivity contribution is -0.132. The molecule has 1 aromatic heterocycles. The fourth-order valence-corrected chi connectivity index (χ4v) is 5.36. The Morgan fingerprint density at radius 2 is 1.50 bits per heavy atom. The number of benzene rings is 2. The topological polar surface area (TPSA) is 81.7 Å². The van der Waals surface area contributed by atoms with Crippen molar-refractivity contribution in [1.29, 1.82) is 0 Å². The number of piperazine rings is 1. The third-order valence-electron chi connectivity index (χ3n) is 7.76. The summed E-state index contributed by atoms with van der Waals surface area (Å²) in [6.07, 6.45) is 2.03. The van der Waals surface area contributed by atoms with Crippen LogP contribution in [0.25, 0.3) is 0 Å². The van der Waals surface area contributed by atoms with Crippen molar-refractivity contribution in [2.75, 3.05) is 36.4 Å². The van der Waals surface area contributed by atoms with Crippen LogP contribution in [0.3, 0.4) is 0 Å². The molecule has 3 heterocycles. The molecule has 8 heteroatoms. The van der Waals surface area contributed by atoms with E-state index in [0.717, 1.165) is 29.5 Å². The molecule has 0 atom stereocenters. The van der Waals surface area contributed by atoms with E-state index in [1.54, 1.807) is 0 Å². The zero-order valence-electron chi connectivity index (χ0n) is 22.0. The van der Waals surface area contributed by atoms with E-state index in [9.17, 15) is 9.59 Å². The Morgan fingerprint density at radius 3 is 2.05 bits per heavy atom. The Balaban J connectivity index is 1.35. The first-order valence-corrected chi connectivity index (χ1v) is 13.6. The van der Waals surface area contributed by atoms with E-state index < -0.39 is 0 Å². The van der Waals surface area contributed by atoms with Crippen molar-refractivity contribution < 1.29 is 9.59 Å². The second-order valence-corrected chi connectivity index (χ2v) is 10.7. The standard InChI is InChI=1S/C30H34N6O2/c1-20(2)36-19-24-26(29(36)38)32-30(35-17-15-34(16-18-35)28(37)23-13-14-23)33-27(24)31-25(21-9-5-3-6-10-21)22-11-7-4-8-12-22/h3-12,20,23,25H,13-19H2,1-2H3,(H,31,32,33). The zero-order chi connectivity index (χ0) is 26.2. The smallest absolute Gasteiger partial charge is 0.273 e. The van der Waals surface area contributed by atoms with Gasteiger partial charge in [0.2, 0.25) is 11.9 Å². The van der Waals surface area contributed by atoms with E-state index in [1.165, 1.54) is 0 Å². The van der Waals surface area contributed by atoms with E-state index >= 15 is 0 Å². The molecule has 8 nitrogen and oxygen atoms in total. The number of aromatic nitrogens is 2. The molecule has 1 saturated heterocycles. The van der Waals surface area contributed by atoms with Crippen LogP contribution in [0.2, 0.25) is 0 Å². The van der Waals surface area contributed by atoms with Gasteiger partial charge in [0, 0.05) is 43.7 Å². The van der Waals surface area contributed by atoms with Gasteiger partial charge in [-0.05, 0) is 37.8 Å². The SMILES string of the molecule is CC(C)N1Cc2c(NC(c3ccccc3)c3ccccc3)nc(N3CCN(C(=O)C4CC4)CC3)nc2C1=O. The highest BCUT2D eigenvalue weighted by molar-refractivity contribution is 5.98. The minimum Gasteiger partial charge on any atom is -0.359 e. The average Bonchev–Trinajstić information content (AvgIpc) is 3.75. The summed E-state index contributed by atoms with van der Waals surface area (Å²) >= 11 is 0. The average molecular weight is 511 g/mol. The third-order valence-corrected chi connectivity index (χ3v) is 7.76. The number of carbonyl (C=O) groups is 2. The van der Waals surface area contributed by atoms with E-state index in [4.69, 9.17) is 9.97 Å². The summed E-state index contributed by atoms with van der Waals surface area (Å²) in [6, 6.07) is 20.5. The molecule has 6 rings (SSSR count). The van der Waals surface area contributed by atoms with Gasteiger partial charge in [-0.1, -0.05) is 60.7 Å². The first kappa shape index (κ1) is 24.4. The summed E-state index contributed by atoms with van der Waals surface area (Å²) in [5.41, 5.74) is 3.55. The number of hydrogen-bond acceptors (Lipinski definition) is 6. The Morgan fingerprint density at radius 1 is 0.895 bits per heavy atom. The zero-order valence-corrected chi connectivity index (χ0v) is 22.0. The minimum atomic E-state index is -0.138. The Kier molecular flexibility index (Phi) is 6.47. The predicted molar refractivity (Wildman–Crippen MR) is 147 cm³/mol. The molecule has 0 bridgehead atoms. The van der Waals surface area contributed by atoms with Gasteiger partial charge in [0.1, 0.15) is 11.5 Å². The fraction of sp³-hybridized carbons (Fsp3) is 0.400. The molecule has 1 saturated carbocycles. The van der Waals surface area contributed by atoms with Crippen LogP contribution < -0.4 is 10.2 Å². The number of nitrogens with one attached hydrogen (secondary N) is 1. The molecule has 3 aromatic rings. The maximum absolute atomic E-state index is 13.4. The summed E-state index contributed by atoms with van der Waals surface area (Å²) in [6.45, 7) is 7.15. The van der Waals surface area contributed by atoms with Gasteiger partial charge in [-0.15, -0.1) is 0 Å². The van der Waals surface area contributed by atoms with E-state index in [0.29, 0.717) is 50.2 Å². The second kappa shape index (κ2) is 10.1. The number of hydrogen-bond donors (Lipinski definition) is 1. The van der Waals surface area contributed by atoms with Crippen LogP contribution in [0.5, 0.6) is 0 Å². The van der Waals surface area contributed by atoms with E-state index in [2.05, 4.69) is 34.5 Å². The predicted octanol–water partition coefficient (Wildman–Crippen LogP) is 4.10. The van der Waals surface area contributed by atoms with Gasteiger partial charge < -0.3 is 20.0 Å². The first-order chi connectivity index (χ1) is 18.5. The quantitative estimate of drug-likeness (QED) is 0.516. The minimum absolute atomic E-state index is 0.0554. The summed E-state index contributed by atoms with van der Waals surface area (Å²) in [5.74, 6) is 1.68. The second-order valence-electron chi connectivity index (χ2n) is 10.7. The fourth-order valence-electron chi connectivity index (χ4n) is 5.36. The molecule has 2 aliphatic heterocycles. The molecule has 2 fully saturated rings. The lowest BCUT2D eigenvalue weighted by Crippen LogP contribution is -2.49. The van der Waals surface area contributed by atoms with Crippen LogP contribution in [0.15, 0.2) is 60.7 Å². The van der Waals surface area contributed by atoms with Crippen LogP contribution in [0.4, 0.5) is 11.8 Å². The first-order valence-electron chi connectivity index (χ1n) is 13.6. The molecular formula is C30H34N6O2. The van der Waals surface area contributed by atoms with Crippen LogP contribution >= 0.6 is 0 Å². The molecule has 196 valence electrons. The van der Waals surface area contributed by atoms with Crippen molar-refractivity contribution in [3.8, 4) is 0 Å². The molecular weight excluding hydrogens is 476 g/mol. The number of fused-ring (bicyclic) bond motifs is 1. The number of nitrogens with zero attached hydrogens (tertiary/aromatic N) is 5. The van der Waals surface area contributed by atoms with Gasteiger partial charge in [0.25, 0.3) is 5.91 Å². The van der Waals surface area contributed by atoms with Gasteiger partial charge in [0.15, 0.2) is 0 Å². The Bertz CT molecular complexity index is 1280. The molecule has 0 radical (unpaired) electrons. The van der Waals surface area contributed by atoms with E-state index in [-0.39, 0.29) is 29.8 Å². The van der Waals surface area contributed by atoms with Crippen molar-refractivity contribution in [2.24, 2.45) is 5.92 Å². The van der Waals surface area contributed by atoms with Crippen LogP contribution in [0, 0.1) is 5.92 Å². The van der Waals surface area contributed by atoms with Crippen LogP contribution in [-0.4, -0.2) is 63.8 Å². The van der Waals surface area contributed by atoms with Crippen LogP contribution in [-0.2, 0) is 11.3 Å². The van der Waals surface area contributed by atoms with Crippen molar-refractivity contribution >= 4 is 23.6 Å². The number of carbonyl (C=O) groups excluding carboxylic acids is 2. The highest BCUT2D eigenvalue weighted by atomic mass is 16.2. The van der Waals surface area contributed by atoms with E-state index in [1.807, 2.05) is 60.0 Å². The lowest BCUT2D eigenvalue weighted by Gasteiger charge is -2.35. The van der Waals surface area contributed by atoms with Gasteiger partial charge in [-0.3, -0.25) is 9.59 Å². The van der Waals surface area contributed by atoms with Crippen molar-refractivity contribution in [2.45, 2.75) is 45.3 Å². The van der Waals surface area contributed by atoms with Crippen molar-refractivity contribution in [3.63, 3.8) is 0 Å². The molecule has 0 unspecified atom stereocenters. The number of amides is 2. The van der Waals surface area contributed by atoms with Crippen molar-refractivity contribution in [1.82, 2.24) is 19.8 Å². The molecule has 0 spiro atoms. The lowest BCUT2D eigenvalue weighted by atomic mass is 9.98. The highest BCUT2D eigenvalue weighted by Gasteiger charge is 2.37. The summed E-state index contributed by atoms with van der Waals surface area (Å²) < 4.78 is 0. The molecule has 3 aliphatic rings. The molecule has 2 aromatic carbocycles. The molecule has 1 aliphatic carbocycles. The number of rotatable bonds is 7. The van der Waals surface area contributed by atoms with Gasteiger partial charge in [-0.2, -0.15) is 4.98 Å². The Hall–Kier alpha value is -3.94. The molecule has 38 heavy (non-hydrogen) atoms. The largest absolute Gasteiger partial charge is 0.359 e. The monoisotopic (exact) mass is 510 g/mol. The summed E-state index contributed by atoms with van der Waals surface area (Å²) in [4.78, 5) is 41.7. The normalized spacial score (nSPS) is 17.4. The number of anilines is 2. The van der Waals surface area contributed by atoms with Gasteiger partial charge >= 0.3 is 0 Å². The molecule has 1 N–H and O–H groups in total. The Labute approximate surface area is 223 Å². The maximum Gasteiger partial charge on any atom is 0.273 e. The van der Waals surface area contributed by atoms with Crippen molar-refractivity contribution in [3.05, 3.63) is 83.0 Å². The maximum atomic E-state index is 13.4. The third kappa shape index (κ3) is 4.71. The van der Waals surface area contributed by atoms with Crippen LogP contribution in [0.1, 0.15) is 59.9 Å². The van der Waals surface area contributed by atoms with Gasteiger partial charge in [0.05, 0.1) is 12.6 Å². The highest BCUT2D eigenvalue weighted by Crippen LogP contribution is 2.35. The van der Waals surface area contributed by atoms with Gasteiger partial charge in [-0.25, -0.2) is 4.98 Å².